The molecular weight excluding hydrogens is 160 g/mol. The van der Waals surface area contributed by atoms with Gasteiger partial charge >= 0.3 is 0 Å². The second kappa shape index (κ2) is 3.27. The van der Waals surface area contributed by atoms with Crippen molar-refractivity contribution in [3.63, 3.8) is 0 Å². The van der Waals surface area contributed by atoms with Crippen molar-refractivity contribution in [3.8, 4) is 0 Å². The lowest BCUT2D eigenvalue weighted by Gasteiger charge is -2.39. The summed E-state index contributed by atoms with van der Waals surface area (Å²) < 4.78 is 5.88. The summed E-state index contributed by atoms with van der Waals surface area (Å²) in [4.78, 5) is 0. The minimum absolute atomic E-state index is 0.0684. The van der Waals surface area contributed by atoms with Crippen LogP contribution in [0.4, 0.5) is 0 Å². The molecule has 0 spiro atoms. The Morgan fingerprint density at radius 3 is 2.15 bits per heavy atom. The third-order valence-corrected chi connectivity index (χ3v) is 3.35. The molecule has 1 nitrogen and oxygen atoms in total. The van der Waals surface area contributed by atoms with Crippen LogP contribution in [0.2, 0.25) is 0 Å². The highest BCUT2D eigenvalue weighted by Crippen LogP contribution is 2.47. The van der Waals surface area contributed by atoms with E-state index in [0.717, 1.165) is 12.5 Å². The molecule has 1 heterocycles. The summed E-state index contributed by atoms with van der Waals surface area (Å²) in [5.41, 5.74) is 0.430. The van der Waals surface area contributed by atoms with E-state index >= 15 is 0 Å². The Hall–Kier alpha value is -0.0400. The molecule has 0 radical (unpaired) electrons. The maximum atomic E-state index is 5.88. The van der Waals surface area contributed by atoms with E-state index < -0.39 is 0 Å². The molecule has 0 bridgehead atoms. The zero-order chi connectivity index (χ0) is 10.3. The van der Waals surface area contributed by atoms with Crippen molar-refractivity contribution in [1.29, 1.82) is 0 Å². The number of hydrogen-bond donors (Lipinski definition) is 0. The Kier molecular flexibility index (Phi) is 2.78. The van der Waals surface area contributed by atoms with Gasteiger partial charge in [0.1, 0.15) is 0 Å². The molecule has 0 aromatic rings. The lowest BCUT2D eigenvalue weighted by atomic mass is 9.67. The topological polar surface area (TPSA) is 9.23 Å². The van der Waals surface area contributed by atoms with Gasteiger partial charge in [-0.25, -0.2) is 0 Å². The van der Waals surface area contributed by atoms with E-state index in [1.807, 2.05) is 0 Å². The molecule has 2 atom stereocenters. The maximum Gasteiger partial charge on any atom is 0.0663 e. The van der Waals surface area contributed by atoms with Crippen LogP contribution in [0.25, 0.3) is 0 Å². The van der Waals surface area contributed by atoms with Gasteiger partial charge in [-0.1, -0.05) is 34.1 Å². The predicted octanol–water partition coefficient (Wildman–Crippen LogP) is 3.48. The van der Waals surface area contributed by atoms with Crippen molar-refractivity contribution >= 4 is 0 Å². The number of ether oxygens (including phenoxy) is 1. The zero-order valence-electron chi connectivity index (χ0n) is 9.98. The molecule has 13 heavy (non-hydrogen) atoms. The van der Waals surface area contributed by atoms with Crippen LogP contribution in [0.5, 0.6) is 0 Å². The third-order valence-electron chi connectivity index (χ3n) is 3.35. The van der Waals surface area contributed by atoms with Crippen LogP contribution < -0.4 is 0 Å². The Labute approximate surface area is 82.9 Å². The van der Waals surface area contributed by atoms with Gasteiger partial charge < -0.3 is 4.74 Å². The van der Waals surface area contributed by atoms with Gasteiger partial charge in [-0.2, -0.15) is 0 Å². The van der Waals surface area contributed by atoms with Gasteiger partial charge in [0.2, 0.25) is 0 Å². The van der Waals surface area contributed by atoms with Gasteiger partial charge in [-0.15, -0.1) is 0 Å². The Bertz CT molecular complexity index is 176. The molecule has 0 amide bonds. The highest BCUT2D eigenvalue weighted by atomic mass is 16.5. The summed E-state index contributed by atoms with van der Waals surface area (Å²) in [7, 11) is 0. The van der Waals surface area contributed by atoms with Crippen molar-refractivity contribution in [1.82, 2.24) is 0 Å². The fraction of sp³-hybridized carbons (Fsp3) is 1.00. The normalized spacial score (nSPS) is 33.7. The van der Waals surface area contributed by atoms with Crippen LogP contribution in [0.15, 0.2) is 0 Å². The van der Waals surface area contributed by atoms with E-state index in [4.69, 9.17) is 4.74 Å². The SMILES string of the molecule is CC[C@H]1COC(C)(C)[C@H]1C(C)(C)C. The largest absolute Gasteiger partial charge is 0.375 e. The van der Waals surface area contributed by atoms with Crippen LogP contribution in [0, 0.1) is 17.3 Å². The fourth-order valence-electron chi connectivity index (χ4n) is 3.18. The number of hydrogen-bond acceptors (Lipinski definition) is 1. The molecule has 0 aromatic carbocycles. The second-order valence-corrected chi connectivity index (χ2v) is 5.93. The van der Waals surface area contributed by atoms with Gasteiger partial charge in [0, 0.05) is 0 Å². The Morgan fingerprint density at radius 1 is 1.31 bits per heavy atom. The summed E-state index contributed by atoms with van der Waals surface area (Å²) >= 11 is 0. The van der Waals surface area contributed by atoms with E-state index in [-0.39, 0.29) is 5.60 Å². The molecule has 78 valence electrons. The molecule has 1 aliphatic heterocycles. The van der Waals surface area contributed by atoms with Crippen LogP contribution in [-0.4, -0.2) is 12.2 Å². The first-order chi connectivity index (χ1) is 5.79. The molecule has 1 aliphatic rings. The molecule has 0 unspecified atom stereocenters. The van der Waals surface area contributed by atoms with E-state index in [0.29, 0.717) is 11.3 Å². The Balaban J connectivity index is 2.87. The number of rotatable bonds is 1. The van der Waals surface area contributed by atoms with Gasteiger partial charge in [0.15, 0.2) is 0 Å². The minimum atomic E-state index is 0.0684. The first-order valence-electron chi connectivity index (χ1n) is 5.43. The van der Waals surface area contributed by atoms with E-state index in [2.05, 4.69) is 41.5 Å². The Morgan fingerprint density at radius 2 is 1.85 bits per heavy atom. The molecule has 0 aromatic heterocycles. The van der Waals surface area contributed by atoms with Crippen LogP contribution >= 0.6 is 0 Å². The molecule has 0 N–H and O–H groups in total. The van der Waals surface area contributed by atoms with Gasteiger partial charge in [0.05, 0.1) is 12.2 Å². The summed E-state index contributed by atoms with van der Waals surface area (Å²) in [5, 5.41) is 0. The van der Waals surface area contributed by atoms with Crippen molar-refractivity contribution < 1.29 is 4.74 Å². The lowest BCUT2D eigenvalue weighted by molar-refractivity contribution is -0.0193. The zero-order valence-corrected chi connectivity index (χ0v) is 9.98. The third kappa shape index (κ3) is 2.07. The van der Waals surface area contributed by atoms with Gasteiger partial charge in [-0.05, 0) is 31.1 Å². The highest BCUT2D eigenvalue weighted by Gasteiger charge is 2.47. The molecule has 1 fully saturated rings. The van der Waals surface area contributed by atoms with E-state index in [1.165, 1.54) is 6.42 Å². The summed E-state index contributed by atoms with van der Waals surface area (Å²) in [6, 6.07) is 0. The maximum absolute atomic E-state index is 5.88. The fourth-order valence-corrected chi connectivity index (χ4v) is 3.18. The minimum Gasteiger partial charge on any atom is -0.375 e. The molecule has 1 saturated heterocycles. The standard InChI is InChI=1S/C12H24O/c1-7-9-8-13-12(5,6)10(9)11(2,3)4/h9-10H,7-8H2,1-6H3/t9-,10+/m0/s1. The summed E-state index contributed by atoms with van der Waals surface area (Å²) in [6.07, 6.45) is 1.24. The molecule has 0 saturated carbocycles. The first kappa shape index (κ1) is 11.0. The van der Waals surface area contributed by atoms with Crippen molar-refractivity contribution in [3.05, 3.63) is 0 Å². The second-order valence-electron chi connectivity index (χ2n) is 5.93. The van der Waals surface area contributed by atoms with E-state index in [9.17, 15) is 0 Å². The average Bonchev–Trinajstić information content (AvgIpc) is 2.23. The monoisotopic (exact) mass is 184 g/mol. The molecule has 1 heteroatoms. The first-order valence-corrected chi connectivity index (χ1v) is 5.43. The average molecular weight is 184 g/mol. The predicted molar refractivity (Wildman–Crippen MR) is 56.8 cm³/mol. The van der Waals surface area contributed by atoms with Crippen molar-refractivity contribution in [2.45, 2.75) is 53.6 Å². The summed E-state index contributed by atoms with van der Waals surface area (Å²) in [5.74, 6) is 1.43. The molecule has 1 rings (SSSR count). The van der Waals surface area contributed by atoms with Gasteiger partial charge in [0.25, 0.3) is 0 Å². The van der Waals surface area contributed by atoms with Gasteiger partial charge in [-0.3, -0.25) is 0 Å². The van der Waals surface area contributed by atoms with Crippen LogP contribution in [-0.2, 0) is 4.74 Å². The smallest absolute Gasteiger partial charge is 0.0663 e. The van der Waals surface area contributed by atoms with Crippen LogP contribution in [0.3, 0.4) is 0 Å². The lowest BCUT2D eigenvalue weighted by Crippen LogP contribution is -2.39. The van der Waals surface area contributed by atoms with Crippen molar-refractivity contribution in [2.24, 2.45) is 17.3 Å². The molecule has 0 aliphatic carbocycles. The van der Waals surface area contributed by atoms with Crippen molar-refractivity contribution in [2.75, 3.05) is 6.61 Å². The highest BCUT2D eigenvalue weighted by molar-refractivity contribution is 4.96. The molecular formula is C12H24O. The summed E-state index contributed by atoms with van der Waals surface area (Å²) in [6.45, 7) is 14.7. The van der Waals surface area contributed by atoms with Crippen LogP contribution in [0.1, 0.15) is 48.0 Å². The quantitative estimate of drug-likeness (QED) is 0.606. The van der Waals surface area contributed by atoms with E-state index in [1.54, 1.807) is 0 Å².